The van der Waals surface area contributed by atoms with Gasteiger partial charge in [-0.15, -0.1) is 0 Å². The van der Waals surface area contributed by atoms with E-state index in [1.54, 1.807) is 18.2 Å². The van der Waals surface area contributed by atoms with Crippen LogP contribution in [0, 0.1) is 5.92 Å². The van der Waals surface area contributed by atoms with Crippen LogP contribution < -0.4 is 10.1 Å². The molecule has 2 atom stereocenters. The van der Waals surface area contributed by atoms with E-state index in [1.807, 2.05) is 4.90 Å². The quantitative estimate of drug-likeness (QED) is 0.867. The lowest BCUT2D eigenvalue weighted by Crippen LogP contribution is -2.46. The number of urea groups is 1. The van der Waals surface area contributed by atoms with Gasteiger partial charge in [0, 0.05) is 12.6 Å². The number of carbonyl (C=O) groups excluding carboxylic acids is 1. The summed E-state index contributed by atoms with van der Waals surface area (Å²) in [4.78, 5) is 14.7. The number of rotatable bonds is 4. The van der Waals surface area contributed by atoms with Gasteiger partial charge in [-0.25, -0.2) is 4.79 Å². The number of fused-ring (bicyclic) bond motifs is 1. The molecule has 1 saturated heterocycles. The third kappa shape index (κ3) is 4.05. The van der Waals surface area contributed by atoms with E-state index in [0.717, 1.165) is 49.8 Å². The van der Waals surface area contributed by atoms with Crippen molar-refractivity contribution in [2.24, 2.45) is 5.92 Å². The number of alkyl halides is 2. The van der Waals surface area contributed by atoms with Crippen LogP contribution in [-0.4, -0.2) is 30.1 Å². The molecule has 1 aliphatic heterocycles. The Morgan fingerprint density at radius 2 is 2.08 bits per heavy atom. The molecule has 1 aliphatic carbocycles. The number of hydrogen-bond donors (Lipinski definition) is 1. The van der Waals surface area contributed by atoms with E-state index in [2.05, 4.69) is 23.9 Å². The first-order valence-electron chi connectivity index (χ1n) is 9.10. The van der Waals surface area contributed by atoms with E-state index in [1.165, 1.54) is 0 Å². The SMILES string of the molecule is CC(C)[C@H]1CCCN1C(=O)N[C@H]1CCCc2cc(OC(F)F)ccc21. The van der Waals surface area contributed by atoms with Crippen LogP contribution in [0.15, 0.2) is 18.2 Å². The first-order valence-corrected chi connectivity index (χ1v) is 9.10. The summed E-state index contributed by atoms with van der Waals surface area (Å²) in [6, 6.07) is 5.26. The smallest absolute Gasteiger partial charge is 0.387 e. The molecule has 0 bridgehead atoms. The fourth-order valence-corrected chi connectivity index (χ4v) is 4.09. The molecule has 3 rings (SSSR count). The zero-order valence-corrected chi connectivity index (χ0v) is 14.8. The molecule has 6 heteroatoms. The summed E-state index contributed by atoms with van der Waals surface area (Å²) in [5, 5.41) is 3.16. The van der Waals surface area contributed by atoms with Crippen molar-refractivity contribution in [3.05, 3.63) is 29.3 Å². The van der Waals surface area contributed by atoms with Crippen LogP contribution in [-0.2, 0) is 6.42 Å². The van der Waals surface area contributed by atoms with Crippen LogP contribution in [0.2, 0.25) is 0 Å². The van der Waals surface area contributed by atoms with Gasteiger partial charge >= 0.3 is 12.6 Å². The molecule has 0 aromatic heterocycles. The topological polar surface area (TPSA) is 41.6 Å². The lowest BCUT2D eigenvalue weighted by molar-refractivity contribution is -0.0499. The second-order valence-corrected chi connectivity index (χ2v) is 7.28. The average molecular weight is 352 g/mol. The molecule has 0 unspecified atom stereocenters. The van der Waals surface area contributed by atoms with E-state index in [9.17, 15) is 13.6 Å². The number of hydrogen-bond acceptors (Lipinski definition) is 2. The Morgan fingerprint density at radius 3 is 2.80 bits per heavy atom. The van der Waals surface area contributed by atoms with Crippen molar-refractivity contribution in [1.29, 1.82) is 0 Å². The lowest BCUT2D eigenvalue weighted by Gasteiger charge is -2.32. The number of carbonyl (C=O) groups is 1. The summed E-state index contributed by atoms with van der Waals surface area (Å²) in [6.07, 6.45) is 4.71. The number of ether oxygens (including phenoxy) is 1. The molecule has 1 heterocycles. The average Bonchev–Trinajstić information content (AvgIpc) is 3.04. The van der Waals surface area contributed by atoms with Gasteiger partial charge in [0.15, 0.2) is 0 Å². The molecule has 4 nitrogen and oxygen atoms in total. The molecule has 1 aromatic rings. The lowest BCUT2D eigenvalue weighted by atomic mass is 9.87. The standard InChI is InChI=1S/C19H26F2N2O2/c1-12(2)17-7-4-10-23(17)19(24)22-16-6-3-5-13-11-14(25-18(20)21)8-9-15(13)16/h8-9,11-12,16-18H,3-7,10H2,1-2H3,(H,22,24)/t16-,17+/m0/s1. The Morgan fingerprint density at radius 1 is 1.28 bits per heavy atom. The zero-order chi connectivity index (χ0) is 18.0. The van der Waals surface area contributed by atoms with Crippen LogP contribution in [0.1, 0.15) is 56.7 Å². The van der Waals surface area contributed by atoms with Crippen LogP contribution in [0.25, 0.3) is 0 Å². The normalized spacial score (nSPS) is 23.0. The maximum Gasteiger partial charge on any atom is 0.387 e. The van der Waals surface area contributed by atoms with Crippen molar-refractivity contribution in [1.82, 2.24) is 10.2 Å². The van der Waals surface area contributed by atoms with E-state index < -0.39 is 6.61 Å². The predicted octanol–water partition coefficient (Wildman–Crippen LogP) is 4.50. The van der Waals surface area contributed by atoms with Crippen molar-refractivity contribution in [3.8, 4) is 5.75 Å². The number of amides is 2. The summed E-state index contributed by atoms with van der Waals surface area (Å²) in [5.41, 5.74) is 2.00. The maximum absolute atomic E-state index is 12.7. The van der Waals surface area contributed by atoms with Gasteiger partial charge in [0.05, 0.1) is 6.04 Å². The Hall–Kier alpha value is -1.85. The van der Waals surface area contributed by atoms with Gasteiger partial charge in [-0.2, -0.15) is 8.78 Å². The molecule has 0 spiro atoms. The van der Waals surface area contributed by atoms with Crippen LogP contribution in [0.4, 0.5) is 13.6 Å². The van der Waals surface area contributed by atoms with E-state index in [0.29, 0.717) is 12.0 Å². The van der Waals surface area contributed by atoms with Gasteiger partial charge in [-0.3, -0.25) is 0 Å². The summed E-state index contributed by atoms with van der Waals surface area (Å²) < 4.78 is 29.3. The number of aryl methyl sites for hydroxylation is 1. The van der Waals surface area contributed by atoms with Crippen molar-refractivity contribution < 1.29 is 18.3 Å². The highest BCUT2D eigenvalue weighted by atomic mass is 19.3. The van der Waals surface area contributed by atoms with Crippen molar-refractivity contribution in [2.75, 3.05) is 6.54 Å². The van der Waals surface area contributed by atoms with Crippen LogP contribution >= 0.6 is 0 Å². The molecule has 1 fully saturated rings. The number of nitrogens with zero attached hydrogens (tertiary/aromatic N) is 1. The van der Waals surface area contributed by atoms with E-state index >= 15 is 0 Å². The molecule has 2 aliphatic rings. The Kier molecular flexibility index (Phi) is 5.45. The molecular weight excluding hydrogens is 326 g/mol. The summed E-state index contributed by atoms with van der Waals surface area (Å²) in [5.74, 6) is 0.626. The molecule has 25 heavy (non-hydrogen) atoms. The van der Waals surface area contributed by atoms with Crippen molar-refractivity contribution in [3.63, 3.8) is 0 Å². The minimum Gasteiger partial charge on any atom is -0.435 e. The Balaban J connectivity index is 1.71. The van der Waals surface area contributed by atoms with Crippen molar-refractivity contribution in [2.45, 2.75) is 64.6 Å². The van der Waals surface area contributed by atoms with Gasteiger partial charge < -0.3 is 15.0 Å². The van der Waals surface area contributed by atoms with Gasteiger partial charge in [0.2, 0.25) is 0 Å². The number of nitrogens with one attached hydrogen (secondary N) is 1. The molecule has 138 valence electrons. The second kappa shape index (κ2) is 7.58. The Bertz CT molecular complexity index is 621. The minimum atomic E-state index is -2.82. The first kappa shape index (κ1) is 18.0. The molecule has 0 saturated carbocycles. The highest BCUT2D eigenvalue weighted by molar-refractivity contribution is 5.75. The third-order valence-corrected chi connectivity index (χ3v) is 5.28. The van der Waals surface area contributed by atoms with Gasteiger partial charge in [0.25, 0.3) is 0 Å². The zero-order valence-electron chi connectivity index (χ0n) is 14.8. The largest absolute Gasteiger partial charge is 0.435 e. The second-order valence-electron chi connectivity index (χ2n) is 7.28. The highest BCUT2D eigenvalue weighted by Gasteiger charge is 2.32. The number of likely N-dealkylation sites (tertiary alicyclic amines) is 1. The maximum atomic E-state index is 12.7. The fourth-order valence-electron chi connectivity index (χ4n) is 4.09. The van der Waals surface area contributed by atoms with Crippen molar-refractivity contribution >= 4 is 6.03 Å². The van der Waals surface area contributed by atoms with Crippen LogP contribution in [0.5, 0.6) is 5.75 Å². The summed E-state index contributed by atoms with van der Waals surface area (Å²) in [6.45, 7) is 2.28. The first-order chi connectivity index (χ1) is 12.0. The number of halogens is 2. The molecule has 1 aromatic carbocycles. The fraction of sp³-hybridized carbons (Fsp3) is 0.632. The monoisotopic (exact) mass is 352 g/mol. The summed E-state index contributed by atoms with van der Waals surface area (Å²) in [7, 11) is 0. The number of benzene rings is 1. The molecule has 2 amide bonds. The van der Waals surface area contributed by atoms with E-state index in [-0.39, 0.29) is 17.8 Å². The van der Waals surface area contributed by atoms with Gasteiger partial charge in [-0.1, -0.05) is 19.9 Å². The van der Waals surface area contributed by atoms with Gasteiger partial charge in [-0.05, 0) is 61.3 Å². The Labute approximate surface area is 147 Å². The van der Waals surface area contributed by atoms with E-state index in [4.69, 9.17) is 0 Å². The molecular formula is C19H26F2N2O2. The molecule has 0 radical (unpaired) electrons. The predicted molar refractivity (Wildman–Crippen MR) is 91.9 cm³/mol. The minimum absolute atomic E-state index is 0.0121. The highest BCUT2D eigenvalue weighted by Crippen LogP contribution is 2.33. The third-order valence-electron chi connectivity index (χ3n) is 5.28. The molecule has 1 N–H and O–H groups in total. The summed E-state index contributed by atoms with van der Waals surface area (Å²) >= 11 is 0. The van der Waals surface area contributed by atoms with Gasteiger partial charge in [0.1, 0.15) is 5.75 Å². The van der Waals surface area contributed by atoms with Crippen LogP contribution in [0.3, 0.4) is 0 Å².